The van der Waals surface area contributed by atoms with Crippen LogP contribution in [-0.2, 0) is 15.1 Å². The molecule has 4 fully saturated rings. The summed E-state index contributed by atoms with van der Waals surface area (Å²) in [6, 6.07) is 36.3. The molecule has 0 radical (unpaired) electrons. The summed E-state index contributed by atoms with van der Waals surface area (Å²) < 4.78 is 24.1. The Labute approximate surface area is 288 Å². The quantitative estimate of drug-likeness (QED) is 0.0814. The summed E-state index contributed by atoms with van der Waals surface area (Å²) >= 11 is 0. The van der Waals surface area contributed by atoms with E-state index in [2.05, 4.69) is 83.9 Å². The van der Waals surface area contributed by atoms with Crippen molar-refractivity contribution in [3.05, 3.63) is 169 Å². The summed E-state index contributed by atoms with van der Waals surface area (Å²) in [5.74, 6) is 1.10. The van der Waals surface area contributed by atoms with Gasteiger partial charge in [0.1, 0.15) is 11.4 Å². The molecule has 0 saturated heterocycles. The molecule has 4 aliphatic carbocycles. The first-order valence-corrected chi connectivity index (χ1v) is 17.5. The van der Waals surface area contributed by atoms with Gasteiger partial charge < -0.3 is 9.30 Å². The Bertz CT molecular complexity index is 1870. The topological polar surface area (TPSA) is 44.1 Å². The number of ketones is 1. The minimum Gasteiger partial charge on any atom is -0.374 e. The second-order valence-corrected chi connectivity index (χ2v) is 14.2. The van der Waals surface area contributed by atoms with Gasteiger partial charge in [-0.05, 0) is 84.8 Å². The summed E-state index contributed by atoms with van der Waals surface area (Å²) in [6.07, 6.45) is 14.1. The van der Waals surface area contributed by atoms with Gasteiger partial charge in [0.05, 0.1) is 24.7 Å². The summed E-state index contributed by atoms with van der Waals surface area (Å²) in [6.45, 7) is 4.38. The van der Waals surface area contributed by atoms with Crippen LogP contribution >= 0.6 is 0 Å². The number of allylic oxidation sites excluding steroid dienone is 1. The highest BCUT2D eigenvalue weighted by Crippen LogP contribution is 2.61. The third-order valence-electron chi connectivity index (χ3n) is 11.4. The third-order valence-corrected chi connectivity index (χ3v) is 11.4. The van der Waals surface area contributed by atoms with E-state index in [1.165, 1.54) is 6.07 Å². The average molecular weight is 649 g/mol. The summed E-state index contributed by atoms with van der Waals surface area (Å²) in [5, 5.41) is 0. The number of halogens is 1. The van der Waals surface area contributed by atoms with E-state index in [4.69, 9.17) is 9.72 Å². The third kappa shape index (κ3) is 5.41. The molecule has 1 aromatic heterocycles. The van der Waals surface area contributed by atoms with E-state index >= 15 is 4.39 Å². The molecule has 9 rings (SSSR count). The smallest absolute Gasteiger partial charge is 0.161 e. The lowest BCUT2D eigenvalue weighted by Gasteiger charge is -2.58. The monoisotopic (exact) mass is 648 g/mol. The SMILES string of the molecule is C=CCO[C@H]1C2CC3C[C@@H]1CC(C(=O)/C=C/c1c(F)cccc1-c1cn(C(c4ccccc4)(c4ccccc4)c4ccccc4)cn1)(C3)C2. The number of imidazole rings is 1. The number of carbonyl (C=O) groups excluding carboxylic acids is 1. The predicted molar refractivity (Wildman–Crippen MR) is 192 cm³/mol. The molecule has 4 saturated carbocycles. The molecule has 246 valence electrons. The van der Waals surface area contributed by atoms with E-state index < -0.39 is 5.54 Å². The average Bonchev–Trinajstić information content (AvgIpc) is 3.62. The van der Waals surface area contributed by atoms with E-state index in [-0.39, 0.29) is 23.1 Å². The van der Waals surface area contributed by atoms with Gasteiger partial charge in [-0.1, -0.05) is 109 Å². The largest absolute Gasteiger partial charge is 0.374 e. The van der Waals surface area contributed by atoms with Gasteiger partial charge in [0, 0.05) is 22.7 Å². The van der Waals surface area contributed by atoms with Crippen LogP contribution in [0.15, 0.2) is 140 Å². The molecule has 5 aromatic rings. The molecular weight excluding hydrogens is 607 g/mol. The molecule has 0 amide bonds. The van der Waals surface area contributed by atoms with Gasteiger partial charge >= 0.3 is 0 Å². The second kappa shape index (κ2) is 12.9. The maximum Gasteiger partial charge on any atom is 0.161 e. The Morgan fingerprint density at radius 3 is 2.02 bits per heavy atom. The lowest BCUT2D eigenvalue weighted by atomic mass is 9.47. The number of carbonyl (C=O) groups is 1. The maximum atomic E-state index is 15.7. The lowest BCUT2D eigenvalue weighted by molar-refractivity contribution is -0.166. The lowest BCUT2D eigenvalue weighted by Crippen LogP contribution is -2.56. The molecular formula is C44H41FN2O2. The molecule has 0 N–H and O–H groups in total. The van der Waals surface area contributed by atoms with Crippen molar-refractivity contribution in [1.82, 2.24) is 9.55 Å². The fraction of sp³-hybridized carbons (Fsp3) is 0.273. The van der Waals surface area contributed by atoms with Crippen LogP contribution in [0.3, 0.4) is 0 Å². The van der Waals surface area contributed by atoms with Gasteiger partial charge in [0.15, 0.2) is 5.78 Å². The molecule has 4 aliphatic rings. The first kappa shape index (κ1) is 31.4. The van der Waals surface area contributed by atoms with Crippen LogP contribution in [0.2, 0.25) is 0 Å². The Balaban J connectivity index is 1.17. The molecule has 0 spiro atoms. The number of hydrogen-bond acceptors (Lipinski definition) is 3. The van der Waals surface area contributed by atoms with Crippen molar-refractivity contribution in [1.29, 1.82) is 0 Å². The van der Waals surface area contributed by atoms with Crippen LogP contribution in [-0.4, -0.2) is 28.0 Å². The van der Waals surface area contributed by atoms with Gasteiger partial charge in [0.25, 0.3) is 0 Å². The van der Waals surface area contributed by atoms with Crippen LogP contribution in [0.4, 0.5) is 4.39 Å². The summed E-state index contributed by atoms with van der Waals surface area (Å²) in [7, 11) is 0. The highest BCUT2D eigenvalue weighted by molar-refractivity contribution is 5.99. The van der Waals surface area contributed by atoms with Gasteiger partial charge in [-0.2, -0.15) is 0 Å². The van der Waals surface area contributed by atoms with Crippen LogP contribution in [0.5, 0.6) is 0 Å². The Hall–Kier alpha value is -4.87. The van der Waals surface area contributed by atoms with Crippen molar-refractivity contribution in [3.8, 4) is 11.3 Å². The van der Waals surface area contributed by atoms with Crippen molar-refractivity contribution in [3.63, 3.8) is 0 Å². The first-order chi connectivity index (χ1) is 24.0. The fourth-order valence-corrected chi connectivity index (χ4v) is 9.63. The van der Waals surface area contributed by atoms with E-state index in [1.807, 2.05) is 42.9 Å². The molecule has 1 heterocycles. The van der Waals surface area contributed by atoms with E-state index in [0.29, 0.717) is 41.2 Å². The molecule has 49 heavy (non-hydrogen) atoms. The molecule has 5 atom stereocenters. The molecule has 0 aliphatic heterocycles. The second-order valence-electron chi connectivity index (χ2n) is 14.2. The fourth-order valence-electron chi connectivity index (χ4n) is 9.63. The summed E-state index contributed by atoms with van der Waals surface area (Å²) in [4.78, 5) is 19.0. The minimum atomic E-state index is -0.736. The predicted octanol–water partition coefficient (Wildman–Crippen LogP) is 9.51. The Morgan fingerprint density at radius 1 is 0.857 bits per heavy atom. The van der Waals surface area contributed by atoms with Gasteiger partial charge in [0.2, 0.25) is 0 Å². The zero-order valence-electron chi connectivity index (χ0n) is 27.6. The molecule has 3 unspecified atom stereocenters. The number of hydrogen-bond donors (Lipinski definition) is 0. The van der Waals surface area contributed by atoms with Crippen LogP contribution in [0, 0.1) is 29.0 Å². The van der Waals surface area contributed by atoms with Crippen molar-refractivity contribution >= 4 is 11.9 Å². The zero-order chi connectivity index (χ0) is 33.4. The highest BCUT2D eigenvalue weighted by Gasteiger charge is 2.58. The first-order valence-electron chi connectivity index (χ1n) is 17.5. The maximum absolute atomic E-state index is 15.7. The summed E-state index contributed by atoms with van der Waals surface area (Å²) in [5.41, 5.74) is 3.78. The number of nitrogens with zero attached hydrogens (tertiary/aromatic N) is 2. The Kier molecular flexibility index (Phi) is 8.25. The standard InChI is InChI=1S/C44H41FN2O2/c1-2-23-49-42-32-24-31-25-33(42)28-43(26-31,27-32)41(48)22-21-37-38(19-12-20-39(37)45)40-29-47(30-46-40)44(34-13-6-3-7-14-34,35-15-8-4-9-16-35)36-17-10-5-11-18-36/h2-22,29-33,42H,1,23-28H2/b22-21+/t31?,32-,33?,42-,43?/m1/s1. The van der Waals surface area contributed by atoms with Crippen LogP contribution in [0.25, 0.3) is 17.3 Å². The van der Waals surface area contributed by atoms with Gasteiger partial charge in [-0.15, -0.1) is 6.58 Å². The number of aromatic nitrogens is 2. The zero-order valence-corrected chi connectivity index (χ0v) is 27.6. The molecule has 5 heteroatoms. The van der Waals surface area contributed by atoms with Crippen LogP contribution in [0.1, 0.15) is 54.4 Å². The van der Waals surface area contributed by atoms with Crippen molar-refractivity contribution in [2.45, 2.75) is 43.7 Å². The van der Waals surface area contributed by atoms with E-state index in [9.17, 15) is 4.79 Å². The molecule has 4 aromatic carbocycles. The van der Waals surface area contributed by atoms with Crippen LogP contribution < -0.4 is 0 Å². The molecule has 4 bridgehead atoms. The molecule has 4 nitrogen and oxygen atoms in total. The van der Waals surface area contributed by atoms with Crippen molar-refractivity contribution in [2.24, 2.45) is 23.2 Å². The number of rotatable bonds is 11. The van der Waals surface area contributed by atoms with Gasteiger partial charge in [-0.25, -0.2) is 9.37 Å². The van der Waals surface area contributed by atoms with Gasteiger partial charge in [-0.3, -0.25) is 4.79 Å². The van der Waals surface area contributed by atoms with Crippen molar-refractivity contribution < 1.29 is 13.9 Å². The van der Waals surface area contributed by atoms with Crippen molar-refractivity contribution in [2.75, 3.05) is 6.61 Å². The number of ether oxygens (including phenoxy) is 1. The normalized spacial score (nSPS) is 24.3. The Morgan fingerprint density at radius 2 is 1.45 bits per heavy atom. The van der Waals surface area contributed by atoms with E-state index in [0.717, 1.165) is 48.8 Å². The highest BCUT2D eigenvalue weighted by atomic mass is 19.1. The minimum absolute atomic E-state index is 0.116. The van der Waals surface area contributed by atoms with E-state index in [1.54, 1.807) is 18.2 Å². The number of benzene rings is 4.